The molecule has 0 unspecified atom stereocenters. The van der Waals surface area contributed by atoms with Crippen molar-refractivity contribution in [1.29, 1.82) is 0 Å². The van der Waals surface area contributed by atoms with E-state index in [4.69, 9.17) is 4.74 Å². The van der Waals surface area contributed by atoms with E-state index in [0.717, 1.165) is 5.56 Å². The third-order valence-corrected chi connectivity index (χ3v) is 2.02. The molecule has 1 aromatic rings. The number of carbonyl (C=O) groups excluding carboxylic acids is 2. The molecule has 0 radical (unpaired) electrons. The molecule has 0 saturated carbocycles. The molecule has 1 aliphatic heterocycles. The van der Waals surface area contributed by atoms with Crippen molar-refractivity contribution < 1.29 is 19.1 Å². The molecule has 4 nitrogen and oxygen atoms in total. The summed E-state index contributed by atoms with van der Waals surface area (Å²) in [5.41, 5.74) is 1.50. The number of fused-ring (bicyclic) bond motifs is 1. The molecule has 72 valence electrons. The monoisotopic (exact) mass is 192 g/mol. The van der Waals surface area contributed by atoms with E-state index in [1.807, 2.05) is 0 Å². The van der Waals surface area contributed by atoms with Crippen molar-refractivity contribution in [3.63, 3.8) is 0 Å². The predicted octanol–water partition coefficient (Wildman–Crippen LogP) is 1.14. The molecule has 1 heterocycles. The van der Waals surface area contributed by atoms with Gasteiger partial charge in [-0.2, -0.15) is 0 Å². The standard InChI is InChI=1S/C10H8O4/c1-13-5-6-2-3-7-8(4-6)10(12)14-9(7)11/h2-4H,5H2,1H3. The number of rotatable bonds is 2. The van der Waals surface area contributed by atoms with Gasteiger partial charge in [-0.25, -0.2) is 9.59 Å². The second-order valence-corrected chi connectivity index (χ2v) is 2.99. The zero-order valence-electron chi connectivity index (χ0n) is 7.57. The molecule has 0 N–H and O–H groups in total. The second-order valence-electron chi connectivity index (χ2n) is 2.99. The summed E-state index contributed by atoms with van der Waals surface area (Å²) in [6.07, 6.45) is 0. The summed E-state index contributed by atoms with van der Waals surface area (Å²) in [5, 5.41) is 0. The fourth-order valence-corrected chi connectivity index (χ4v) is 1.39. The van der Waals surface area contributed by atoms with Gasteiger partial charge in [0.15, 0.2) is 0 Å². The summed E-state index contributed by atoms with van der Waals surface area (Å²) in [6.45, 7) is 0.411. The molecule has 0 atom stereocenters. The highest BCUT2D eigenvalue weighted by atomic mass is 16.6. The highest BCUT2D eigenvalue weighted by molar-refractivity contribution is 6.14. The van der Waals surface area contributed by atoms with Gasteiger partial charge in [0.25, 0.3) is 0 Å². The largest absolute Gasteiger partial charge is 0.386 e. The number of esters is 2. The molecule has 0 fully saturated rings. The van der Waals surface area contributed by atoms with E-state index < -0.39 is 11.9 Å². The minimum atomic E-state index is -0.581. The van der Waals surface area contributed by atoms with Crippen molar-refractivity contribution in [1.82, 2.24) is 0 Å². The van der Waals surface area contributed by atoms with Crippen LogP contribution in [0.25, 0.3) is 0 Å². The van der Waals surface area contributed by atoms with Gasteiger partial charge in [-0.15, -0.1) is 0 Å². The van der Waals surface area contributed by atoms with Crippen molar-refractivity contribution in [2.75, 3.05) is 7.11 Å². The van der Waals surface area contributed by atoms with Crippen LogP contribution in [0.4, 0.5) is 0 Å². The van der Waals surface area contributed by atoms with Gasteiger partial charge in [0.2, 0.25) is 0 Å². The van der Waals surface area contributed by atoms with Gasteiger partial charge in [0.1, 0.15) is 0 Å². The van der Waals surface area contributed by atoms with Crippen LogP contribution in [-0.4, -0.2) is 19.0 Å². The number of carbonyl (C=O) groups is 2. The van der Waals surface area contributed by atoms with Gasteiger partial charge in [0.05, 0.1) is 17.7 Å². The molecule has 1 aromatic carbocycles. The lowest BCUT2D eigenvalue weighted by Crippen LogP contribution is -1.97. The molecule has 2 rings (SSSR count). The highest BCUT2D eigenvalue weighted by Crippen LogP contribution is 2.21. The third-order valence-electron chi connectivity index (χ3n) is 2.02. The zero-order valence-corrected chi connectivity index (χ0v) is 7.57. The van der Waals surface area contributed by atoms with Crippen LogP contribution in [-0.2, 0) is 16.1 Å². The lowest BCUT2D eigenvalue weighted by atomic mass is 10.1. The molecule has 1 aliphatic rings. The Bertz CT molecular complexity index is 409. The number of benzene rings is 1. The maximum absolute atomic E-state index is 11.1. The maximum Gasteiger partial charge on any atom is 0.346 e. The number of hydrogen-bond acceptors (Lipinski definition) is 4. The average Bonchev–Trinajstić information content (AvgIpc) is 2.43. The van der Waals surface area contributed by atoms with Gasteiger partial charge in [0, 0.05) is 7.11 Å². The van der Waals surface area contributed by atoms with Crippen LogP contribution in [0, 0.1) is 0 Å². The zero-order chi connectivity index (χ0) is 10.1. The number of ether oxygens (including phenoxy) is 2. The molecule has 0 bridgehead atoms. The molecule has 0 aliphatic carbocycles. The molecule has 0 amide bonds. The Morgan fingerprint density at radius 3 is 2.64 bits per heavy atom. The Morgan fingerprint density at radius 1 is 1.21 bits per heavy atom. The number of methoxy groups -OCH3 is 1. The van der Waals surface area contributed by atoms with E-state index in [1.165, 1.54) is 0 Å². The fourth-order valence-electron chi connectivity index (χ4n) is 1.39. The molecule has 0 aromatic heterocycles. The van der Waals surface area contributed by atoms with Crippen molar-refractivity contribution in [2.45, 2.75) is 6.61 Å². The number of hydrogen-bond donors (Lipinski definition) is 0. The third kappa shape index (κ3) is 1.29. The van der Waals surface area contributed by atoms with Crippen LogP contribution in [0.5, 0.6) is 0 Å². The second kappa shape index (κ2) is 3.23. The Morgan fingerprint density at radius 2 is 1.93 bits per heavy atom. The lowest BCUT2D eigenvalue weighted by molar-refractivity contribution is 0.0444. The van der Waals surface area contributed by atoms with E-state index in [-0.39, 0.29) is 0 Å². The Labute approximate surface area is 80.4 Å². The molecule has 14 heavy (non-hydrogen) atoms. The summed E-state index contributed by atoms with van der Waals surface area (Å²) in [7, 11) is 1.57. The van der Waals surface area contributed by atoms with Crippen molar-refractivity contribution in [3.8, 4) is 0 Å². The Kier molecular flexibility index (Phi) is 2.05. The smallest absolute Gasteiger partial charge is 0.346 e. The summed E-state index contributed by atoms with van der Waals surface area (Å²) in [6, 6.07) is 4.94. The summed E-state index contributed by atoms with van der Waals surface area (Å²) >= 11 is 0. The van der Waals surface area contributed by atoms with Crippen molar-refractivity contribution >= 4 is 11.9 Å². The van der Waals surface area contributed by atoms with Crippen LogP contribution in [0.2, 0.25) is 0 Å². The van der Waals surface area contributed by atoms with Gasteiger partial charge in [-0.3, -0.25) is 0 Å². The first-order chi connectivity index (χ1) is 6.72. The molecule has 4 heteroatoms. The first kappa shape index (κ1) is 8.90. The topological polar surface area (TPSA) is 52.6 Å². The van der Waals surface area contributed by atoms with Gasteiger partial charge < -0.3 is 9.47 Å². The van der Waals surface area contributed by atoms with E-state index in [0.29, 0.717) is 17.7 Å². The lowest BCUT2D eigenvalue weighted by Gasteiger charge is -1.99. The summed E-state index contributed by atoms with van der Waals surface area (Å²) in [5.74, 6) is -1.16. The fraction of sp³-hybridized carbons (Fsp3) is 0.200. The van der Waals surface area contributed by atoms with Crippen LogP contribution in [0.3, 0.4) is 0 Å². The molecular formula is C10H8O4. The Balaban J connectivity index is 2.44. The maximum atomic E-state index is 11.1. The average molecular weight is 192 g/mol. The van der Waals surface area contributed by atoms with Gasteiger partial charge >= 0.3 is 11.9 Å². The van der Waals surface area contributed by atoms with Crippen LogP contribution in [0.1, 0.15) is 26.3 Å². The van der Waals surface area contributed by atoms with Crippen LogP contribution in [0.15, 0.2) is 18.2 Å². The van der Waals surface area contributed by atoms with Crippen molar-refractivity contribution in [2.24, 2.45) is 0 Å². The van der Waals surface area contributed by atoms with E-state index in [9.17, 15) is 9.59 Å². The molecule has 0 spiro atoms. The normalized spacial score (nSPS) is 14.1. The first-order valence-electron chi connectivity index (χ1n) is 4.11. The molecule has 0 saturated heterocycles. The predicted molar refractivity (Wildman–Crippen MR) is 46.9 cm³/mol. The quantitative estimate of drug-likeness (QED) is 0.521. The summed E-state index contributed by atoms with van der Waals surface area (Å²) in [4.78, 5) is 22.2. The van der Waals surface area contributed by atoms with E-state index >= 15 is 0 Å². The SMILES string of the molecule is COCc1ccc2c(c1)C(=O)OC2=O. The minimum absolute atomic E-state index is 0.324. The minimum Gasteiger partial charge on any atom is -0.386 e. The summed E-state index contributed by atoms with van der Waals surface area (Å²) < 4.78 is 9.36. The van der Waals surface area contributed by atoms with Gasteiger partial charge in [-0.1, -0.05) is 6.07 Å². The number of cyclic esters (lactones) is 2. The molecular weight excluding hydrogens is 184 g/mol. The van der Waals surface area contributed by atoms with Gasteiger partial charge in [-0.05, 0) is 17.7 Å². The van der Waals surface area contributed by atoms with E-state index in [1.54, 1.807) is 25.3 Å². The van der Waals surface area contributed by atoms with Crippen LogP contribution >= 0.6 is 0 Å². The highest BCUT2D eigenvalue weighted by Gasteiger charge is 2.29. The van der Waals surface area contributed by atoms with Crippen molar-refractivity contribution in [3.05, 3.63) is 34.9 Å². The van der Waals surface area contributed by atoms with E-state index in [2.05, 4.69) is 4.74 Å². The first-order valence-corrected chi connectivity index (χ1v) is 4.11. The Hall–Kier alpha value is -1.68. The van der Waals surface area contributed by atoms with Crippen LogP contribution < -0.4 is 0 Å².